The first-order valence-electron chi connectivity index (χ1n) is 7.47. The molecule has 0 fully saturated rings. The second kappa shape index (κ2) is 6.57. The summed E-state index contributed by atoms with van der Waals surface area (Å²) in [7, 11) is 1.57. The fourth-order valence-electron chi connectivity index (χ4n) is 2.56. The first-order chi connectivity index (χ1) is 11.6. The summed E-state index contributed by atoms with van der Waals surface area (Å²) in [5.74, 6) is 1.40. The molecule has 1 heterocycles. The molecular formula is C17H18N4O3. The van der Waals surface area contributed by atoms with Crippen molar-refractivity contribution in [3.8, 4) is 17.2 Å². The molecule has 0 radical (unpaired) electrons. The van der Waals surface area contributed by atoms with Crippen LogP contribution < -0.4 is 15.2 Å². The van der Waals surface area contributed by atoms with Crippen molar-refractivity contribution in [1.29, 1.82) is 0 Å². The molecule has 0 spiro atoms. The van der Waals surface area contributed by atoms with Gasteiger partial charge in [-0.1, -0.05) is 23.8 Å². The fraction of sp³-hybridized carbons (Fsp3) is 0.235. The highest BCUT2D eigenvalue weighted by Gasteiger charge is 2.15. The van der Waals surface area contributed by atoms with Crippen LogP contribution in [0.25, 0.3) is 5.69 Å². The van der Waals surface area contributed by atoms with Crippen molar-refractivity contribution in [1.82, 2.24) is 20.2 Å². The minimum absolute atomic E-state index is 0.239. The summed E-state index contributed by atoms with van der Waals surface area (Å²) in [6.45, 7) is 4.27. The Morgan fingerprint density at radius 3 is 2.67 bits per heavy atom. The van der Waals surface area contributed by atoms with Crippen LogP contribution in [-0.2, 0) is 6.61 Å². The zero-order valence-electron chi connectivity index (χ0n) is 13.7. The Kier molecular flexibility index (Phi) is 4.33. The average Bonchev–Trinajstić information content (AvgIpc) is 2.99. The fourth-order valence-corrected chi connectivity index (χ4v) is 2.56. The van der Waals surface area contributed by atoms with Crippen LogP contribution in [0.3, 0.4) is 0 Å². The Hall–Kier alpha value is -3.09. The number of rotatable bonds is 5. The van der Waals surface area contributed by atoms with Crippen LogP contribution in [0.1, 0.15) is 16.7 Å². The van der Waals surface area contributed by atoms with Gasteiger partial charge >= 0.3 is 5.69 Å². The number of aromatic amines is 1. The van der Waals surface area contributed by atoms with Crippen molar-refractivity contribution in [2.24, 2.45) is 0 Å². The summed E-state index contributed by atoms with van der Waals surface area (Å²) in [5, 5.41) is 9.61. The number of benzene rings is 2. The van der Waals surface area contributed by atoms with E-state index in [2.05, 4.69) is 21.6 Å². The second-order valence-corrected chi connectivity index (χ2v) is 5.43. The summed E-state index contributed by atoms with van der Waals surface area (Å²) in [6.07, 6.45) is 0. The molecule has 0 aliphatic rings. The Morgan fingerprint density at radius 2 is 2.00 bits per heavy atom. The number of H-pyrrole nitrogens is 1. The molecule has 2 aromatic carbocycles. The van der Waals surface area contributed by atoms with Gasteiger partial charge in [0.05, 0.1) is 18.4 Å². The van der Waals surface area contributed by atoms with Gasteiger partial charge in [-0.3, -0.25) is 0 Å². The predicted molar refractivity (Wildman–Crippen MR) is 88.8 cm³/mol. The van der Waals surface area contributed by atoms with Crippen LogP contribution in [0, 0.1) is 13.8 Å². The summed E-state index contributed by atoms with van der Waals surface area (Å²) < 4.78 is 12.5. The number of nitrogens with zero attached hydrogens (tertiary/aromatic N) is 3. The normalized spacial score (nSPS) is 10.6. The molecule has 7 heteroatoms. The van der Waals surface area contributed by atoms with Crippen LogP contribution in [0.4, 0.5) is 0 Å². The Labute approximate surface area is 138 Å². The topological polar surface area (TPSA) is 82.0 Å². The third-order valence-electron chi connectivity index (χ3n) is 3.73. The highest BCUT2D eigenvalue weighted by molar-refractivity contribution is 5.49. The molecule has 3 aromatic rings. The van der Waals surface area contributed by atoms with E-state index in [9.17, 15) is 4.79 Å². The molecule has 0 atom stereocenters. The van der Waals surface area contributed by atoms with Crippen molar-refractivity contribution in [3.63, 3.8) is 0 Å². The highest BCUT2D eigenvalue weighted by Crippen LogP contribution is 2.27. The Balaban J connectivity index is 1.97. The zero-order chi connectivity index (χ0) is 17.1. The van der Waals surface area contributed by atoms with Crippen molar-refractivity contribution in [3.05, 3.63) is 63.6 Å². The molecule has 0 aliphatic carbocycles. The maximum atomic E-state index is 11.8. The van der Waals surface area contributed by atoms with E-state index in [0.29, 0.717) is 11.4 Å². The molecule has 24 heavy (non-hydrogen) atoms. The number of nitrogens with one attached hydrogen (secondary N) is 1. The van der Waals surface area contributed by atoms with Crippen LogP contribution in [0.5, 0.6) is 11.5 Å². The van der Waals surface area contributed by atoms with Gasteiger partial charge in [-0.15, -0.1) is 0 Å². The maximum Gasteiger partial charge on any atom is 0.365 e. The maximum absolute atomic E-state index is 11.8. The second-order valence-electron chi connectivity index (χ2n) is 5.43. The minimum Gasteiger partial charge on any atom is -0.496 e. The molecule has 0 saturated heterocycles. The lowest BCUT2D eigenvalue weighted by molar-refractivity contribution is 0.294. The third-order valence-corrected chi connectivity index (χ3v) is 3.73. The number of hydrogen-bond acceptors (Lipinski definition) is 5. The number of aryl methyl sites for hydroxylation is 2. The van der Waals surface area contributed by atoms with E-state index >= 15 is 0 Å². The lowest BCUT2D eigenvalue weighted by Crippen LogP contribution is -2.18. The van der Waals surface area contributed by atoms with Gasteiger partial charge in [0.15, 0.2) is 0 Å². The molecule has 3 rings (SSSR count). The van der Waals surface area contributed by atoms with Gasteiger partial charge in [0.25, 0.3) is 0 Å². The molecule has 0 saturated carbocycles. The smallest absolute Gasteiger partial charge is 0.365 e. The highest BCUT2D eigenvalue weighted by atomic mass is 16.5. The van der Waals surface area contributed by atoms with Crippen molar-refractivity contribution in [2.45, 2.75) is 20.5 Å². The monoisotopic (exact) mass is 326 g/mol. The summed E-state index contributed by atoms with van der Waals surface area (Å²) in [6, 6.07) is 11.4. The Morgan fingerprint density at radius 1 is 1.17 bits per heavy atom. The third kappa shape index (κ3) is 3.01. The number of ether oxygens (including phenoxy) is 2. The standard InChI is InChI=1S/C17H18N4O3/c1-11-7-8-15(12(2)9-11)24-10-13-14(5-4-6-16(13)23-3)21-17(22)18-19-20-21/h4-9H,10H2,1-3H3,(H,18,20,22). The lowest BCUT2D eigenvalue weighted by atomic mass is 10.1. The molecule has 0 amide bonds. The molecule has 1 aromatic heterocycles. The van der Waals surface area contributed by atoms with Crippen LogP contribution >= 0.6 is 0 Å². The minimum atomic E-state index is -0.420. The lowest BCUT2D eigenvalue weighted by Gasteiger charge is -2.15. The molecular weight excluding hydrogens is 308 g/mol. The van der Waals surface area contributed by atoms with Gasteiger partial charge < -0.3 is 9.47 Å². The van der Waals surface area contributed by atoms with Crippen molar-refractivity contribution < 1.29 is 9.47 Å². The van der Waals surface area contributed by atoms with E-state index in [0.717, 1.165) is 16.9 Å². The van der Waals surface area contributed by atoms with Gasteiger partial charge in [-0.05, 0) is 48.0 Å². The molecule has 0 unspecified atom stereocenters. The largest absolute Gasteiger partial charge is 0.496 e. The first kappa shape index (κ1) is 15.8. The summed E-state index contributed by atoms with van der Waals surface area (Å²) in [4.78, 5) is 11.8. The summed E-state index contributed by atoms with van der Waals surface area (Å²) >= 11 is 0. The number of aromatic nitrogens is 4. The van der Waals surface area contributed by atoms with E-state index in [1.165, 1.54) is 10.2 Å². The van der Waals surface area contributed by atoms with Crippen molar-refractivity contribution in [2.75, 3.05) is 7.11 Å². The van der Waals surface area contributed by atoms with Gasteiger partial charge in [-0.25, -0.2) is 9.89 Å². The van der Waals surface area contributed by atoms with Crippen LogP contribution in [0.15, 0.2) is 41.2 Å². The van der Waals surface area contributed by atoms with E-state index in [-0.39, 0.29) is 6.61 Å². The van der Waals surface area contributed by atoms with E-state index < -0.39 is 5.69 Å². The average molecular weight is 326 g/mol. The molecule has 0 bridgehead atoms. The first-order valence-corrected chi connectivity index (χ1v) is 7.47. The SMILES string of the molecule is COc1cccc(-n2nn[nH]c2=O)c1COc1ccc(C)cc1C. The zero-order valence-corrected chi connectivity index (χ0v) is 13.7. The summed E-state index contributed by atoms with van der Waals surface area (Å²) in [5.41, 5.74) is 3.09. The number of tetrazole rings is 1. The van der Waals surface area contributed by atoms with Gasteiger partial charge in [0.1, 0.15) is 18.1 Å². The van der Waals surface area contributed by atoms with Gasteiger partial charge in [-0.2, -0.15) is 4.68 Å². The molecule has 124 valence electrons. The van der Waals surface area contributed by atoms with Crippen molar-refractivity contribution >= 4 is 0 Å². The predicted octanol–water partition coefficient (Wildman–Crippen LogP) is 2.16. The number of methoxy groups -OCH3 is 1. The van der Waals surface area contributed by atoms with E-state index in [1.54, 1.807) is 19.2 Å². The molecule has 0 aliphatic heterocycles. The molecule has 1 N–H and O–H groups in total. The number of hydrogen-bond donors (Lipinski definition) is 1. The van der Waals surface area contributed by atoms with Gasteiger partial charge in [0.2, 0.25) is 0 Å². The van der Waals surface area contributed by atoms with Gasteiger partial charge in [0, 0.05) is 0 Å². The quantitative estimate of drug-likeness (QED) is 0.777. The van der Waals surface area contributed by atoms with Crippen LogP contribution in [-0.4, -0.2) is 27.3 Å². The van der Waals surface area contributed by atoms with Crippen LogP contribution in [0.2, 0.25) is 0 Å². The molecule has 7 nitrogen and oxygen atoms in total. The van der Waals surface area contributed by atoms with E-state index in [4.69, 9.17) is 9.47 Å². The Bertz CT molecular complexity index is 914. The van der Waals surface area contributed by atoms with E-state index in [1.807, 2.05) is 32.0 Å².